The molecule has 0 amide bonds. The van der Waals surface area contributed by atoms with Gasteiger partial charge in [0.15, 0.2) is 17.9 Å². The smallest absolute Gasteiger partial charge is 0.185 e. The van der Waals surface area contributed by atoms with Gasteiger partial charge in [0.1, 0.15) is 23.7 Å². The van der Waals surface area contributed by atoms with Crippen molar-refractivity contribution in [3.05, 3.63) is 65.8 Å². The number of hydrogen-bond donors (Lipinski definition) is 2. The molecule has 0 aliphatic rings. The average Bonchev–Trinajstić information content (AvgIpc) is 3.36. The second kappa shape index (κ2) is 7.59. The van der Waals surface area contributed by atoms with Crippen LogP contribution in [0.2, 0.25) is 0 Å². The van der Waals surface area contributed by atoms with Crippen molar-refractivity contribution in [2.75, 3.05) is 17.7 Å². The minimum absolute atomic E-state index is 0.299. The van der Waals surface area contributed by atoms with Gasteiger partial charge in [-0.3, -0.25) is 4.79 Å². The van der Waals surface area contributed by atoms with Gasteiger partial charge in [-0.05, 0) is 37.6 Å². The molecular formula is C21H20N6O2. The quantitative estimate of drug-likeness (QED) is 0.479. The zero-order valence-electron chi connectivity index (χ0n) is 16.3. The van der Waals surface area contributed by atoms with Crippen molar-refractivity contribution in [2.45, 2.75) is 13.8 Å². The summed E-state index contributed by atoms with van der Waals surface area (Å²) < 4.78 is 7.29. The Kier molecular flexibility index (Phi) is 4.82. The Hall–Kier alpha value is -3.94. The normalized spacial score (nSPS) is 10.7. The molecule has 0 unspecified atom stereocenters. The third-order valence-electron chi connectivity index (χ3n) is 4.49. The lowest BCUT2D eigenvalue weighted by Gasteiger charge is -2.13. The Bertz CT molecular complexity index is 1180. The summed E-state index contributed by atoms with van der Waals surface area (Å²) in [4.78, 5) is 19.4. The first kappa shape index (κ1) is 18.4. The van der Waals surface area contributed by atoms with E-state index >= 15 is 0 Å². The summed E-state index contributed by atoms with van der Waals surface area (Å²) in [6.07, 6.45) is 2.19. The fourth-order valence-electron chi connectivity index (χ4n) is 2.98. The van der Waals surface area contributed by atoms with E-state index in [9.17, 15) is 4.79 Å². The van der Waals surface area contributed by atoms with Gasteiger partial charge in [-0.2, -0.15) is 9.78 Å². The Labute approximate surface area is 167 Å². The van der Waals surface area contributed by atoms with Crippen LogP contribution in [0.25, 0.3) is 17.1 Å². The predicted molar refractivity (Wildman–Crippen MR) is 111 cm³/mol. The molecular weight excluding hydrogens is 368 g/mol. The lowest BCUT2D eigenvalue weighted by molar-refractivity contribution is 0.110. The number of aldehydes is 1. The molecule has 0 saturated carbocycles. The fourth-order valence-corrected chi connectivity index (χ4v) is 2.98. The number of carbonyl (C=O) groups is 1. The van der Waals surface area contributed by atoms with Crippen molar-refractivity contribution in [1.82, 2.24) is 19.7 Å². The van der Waals surface area contributed by atoms with Gasteiger partial charge in [-0.1, -0.05) is 12.1 Å². The van der Waals surface area contributed by atoms with Crippen molar-refractivity contribution in [1.29, 1.82) is 0 Å². The van der Waals surface area contributed by atoms with Gasteiger partial charge in [-0.25, -0.2) is 9.97 Å². The van der Waals surface area contributed by atoms with Crippen molar-refractivity contribution < 1.29 is 9.21 Å². The number of anilines is 3. The van der Waals surface area contributed by atoms with Crippen LogP contribution in [-0.4, -0.2) is 33.1 Å². The van der Waals surface area contributed by atoms with Crippen LogP contribution in [0.1, 0.15) is 21.8 Å². The first-order chi connectivity index (χ1) is 14.1. The van der Waals surface area contributed by atoms with Gasteiger partial charge >= 0.3 is 0 Å². The molecule has 4 aromatic rings. The maximum atomic E-state index is 10.9. The molecule has 0 atom stereocenters. The van der Waals surface area contributed by atoms with Crippen LogP contribution in [0, 0.1) is 13.8 Å². The van der Waals surface area contributed by atoms with Gasteiger partial charge in [0.25, 0.3) is 0 Å². The fraction of sp³-hybridized carbons (Fsp3) is 0.143. The van der Waals surface area contributed by atoms with Crippen LogP contribution in [0.5, 0.6) is 0 Å². The Balaban J connectivity index is 1.71. The number of benzene rings is 1. The van der Waals surface area contributed by atoms with E-state index in [1.165, 1.54) is 6.33 Å². The zero-order valence-corrected chi connectivity index (χ0v) is 16.3. The maximum Gasteiger partial charge on any atom is 0.185 e. The van der Waals surface area contributed by atoms with E-state index in [-0.39, 0.29) is 0 Å². The van der Waals surface area contributed by atoms with Gasteiger partial charge in [-0.15, -0.1) is 0 Å². The van der Waals surface area contributed by atoms with E-state index in [1.807, 2.05) is 44.2 Å². The zero-order chi connectivity index (χ0) is 20.4. The number of hydrogen-bond acceptors (Lipinski definition) is 7. The van der Waals surface area contributed by atoms with Gasteiger partial charge in [0.2, 0.25) is 0 Å². The molecule has 8 nitrogen and oxygen atoms in total. The number of furan rings is 1. The molecule has 0 fully saturated rings. The molecule has 3 heterocycles. The average molecular weight is 388 g/mol. The minimum Gasteiger partial charge on any atom is -0.453 e. The van der Waals surface area contributed by atoms with Crippen LogP contribution in [0.3, 0.4) is 0 Å². The third kappa shape index (κ3) is 3.73. The van der Waals surface area contributed by atoms with E-state index in [0.717, 1.165) is 28.3 Å². The predicted octanol–water partition coefficient (Wildman–Crippen LogP) is 4.14. The highest BCUT2D eigenvalue weighted by Gasteiger charge is 2.13. The Morgan fingerprint density at radius 1 is 1.07 bits per heavy atom. The second-order valence-corrected chi connectivity index (χ2v) is 6.57. The van der Waals surface area contributed by atoms with Gasteiger partial charge in [0.05, 0.1) is 5.69 Å². The van der Waals surface area contributed by atoms with Crippen LogP contribution < -0.4 is 10.6 Å². The van der Waals surface area contributed by atoms with Crippen molar-refractivity contribution in [2.24, 2.45) is 0 Å². The largest absolute Gasteiger partial charge is 0.453 e. The molecule has 2 N–H and O–H groups in total. The highest BCUT2D eigenvalue weighted by Crippen LogP contribution is 2.29. The van der Waals surface area contributed by atoms with Crippen LogP contribution in [-0.2, 0) is 0 Å². The molecule has 4 rings (SSSR count). The van der Waals surface area contributed by atoms with Crippen molar-refractivity contribution in [3.63, 3.8) is 0 Å². The molecule has 3 aromatic heterocycles. The number of nitrogens with one attached hydrogen (secondary N) is 2. The highest BCUT2D eigenvalue weighted by molar-refractivity contribution is 5.75. The summed E-state index contributed by atoms with van der Waals surface area (Å²) in [5.41, 5.74) is 3.68. The van der Waals surface area contributed by atoms with E-state index in [4.69, 9.17) is 4.42 Å². The first-order valence-corrected chi connectivity index (χ1v) is 9.07. The highest BCUT2D eigenvalue weighted by atomic mass is 16.3. The Morgan fingerprint density at radius 3 is 2.69 bits per heavy atom. The SMILES string of the molecule is CNc1cc(-n2nc(C)cc2Nc2cc(-c3ccc(C=O)o3)ccc2C)ncn1. The second-order valence-electron chi connectivity index (χ2n) is 6.57. The lowest BCUT2D eigenvalue weighted by Crippen LogP contribution is -2.06. The summed E-state index contributed by atoms with van der Waals surface area (Å²) in [5.74, 6) is 3.06. The molecule has 146 valence electrons. The minimum atomic E-state index is 0.299. The third-order valence-corrected chi connectivity index (χ3v) is 4.49. The summed E-state index contributed by atoms with van der Waals surface area (Å²) in [5, 5.41) is 11.0. The summed E-state index contributed by atoms with van der Waals surface area (Å²) in [6, 6.07) is 13.1. The van der Waals surface area contributed by atoms with E-state index in [1.54, 1.807) is 23.9 Å². The molecule has 8 heteroatoms. The topological polar surface area (TPSA) is 97.9 Å². The van der Waals surface area contributed by atoms with Crippen LogP contribution in [0.4, 0.5) is 17.3 Å². The van der Waals surface area contributed by atoms with Crippen molar-refractivity contribution in [3.8, 4) is 17.1 Å². The standard InChI is InChI=1S/C21H20N6O2/c1-13-4-5-15(18-7-6-16(11-28)29-18)9-17(13)25-21-8-14(2)26-27(21)20-10-19(22-3)23-12-24-20/h4-12,25H,1-3H3,(H,22,23,24). The molecule has 0 aliphatic heterocycles. The lowest BCUT2D eigenvalue weighted by atomic mass is 10.1. The molecule has 1 aromatic carbocycles. The summed E-state index contributed by atoms with van der Waals surface area (Å²) >= 11 is 0. The Morgan fingerprint density at radius 2 is 1.93 bits per heavy atom. The molecule has 0 spiro atoms. The summed E-state index contributed by atoms with van der Waals surface area (Å²) in [6.45, 7) is 3.94. The maximum absolute atomic E-state index is 10.9. The summed E-state index contributed by atoms with van der Waals surface area (Å²) in [7, 11) is 1.80. The number of nitrogens with zero attached hydrogens (tertiary/aromatic N) is 4. The molecule has 0 radical (unpaired) electrons. The van der Waals surface area contributed by atoms with E-state index in [0.29, 0.717) is 29.4 Å². The number of carbonyl (C=O) groups excluding carboxylic acids is 1. The molecule has 0 bridgehead atoms. The van der Waals surface area contributed by atoms with E-state index in [2.05, 4.69) is 25.7 Å². The molecule has 29 heavy (non-hydrogen) atoms. The molecule has 0 aliphatic carbocycles. The number of aromatic nitrogens is 4. The monoisotopic (exact) mass is 388 g/mol. The van der Waals surface area contributed by atoms with Gasteiger partial charge < -0.3 is 15.1 Å². The van der Waals surface area contributed by atoms with Gasteiger partial charge in [0, 0.05) is 30.4 Å². The first-order valence-electron chi connectivity index (χ1n) is 9.07. The molecule has 0 saturated heterocycles. The van der Waals surface area contributed by atoms with Crippen molar-refractivity contribution >= 4 is 23.6 Å². The van der Waals surface area contributed by atoms with Crippen LogP contribution in [0.15, 0.2) is 53.2 Å². The number of rotatable bonds is 6. The van der Waals surface area contributed by atoms with E-state index < -0.39 is 0 Å². The van der Waals surface area contributed by atoms with Crippen LogP contribution >= 0.6 is 0 Å². The number of aryl methyl sites for hydroxylation is 2.